The third-order valence-corrected chi connectivity index (χ3v) is 5.70. The molecule has 2 aromatic heterocycles. The monoisotopic (exact) mass is 299 g/mol. The summed E-state index contributed by atoms with van der Waals surface area (Å²) in [7, 11) is 0. The predicted molar refractivity (Wildman–Crippen MR) is 86.2 cm³/mol. The number of hydrogen-bond acceptors (Lipinski definition) is 4. The van der Waals surface area contributed by atoms with E-state index < -0.39 is 0 Å². The van der Waals surface area contributed by atoms with Crippen LogP contribution in [0.25, 0.3) is 0 Å². The van der Waals surface area contributed by atoms with Gasteiger partial charge in [-0.1, -0.05) is 12.1 Å². The van der Waals surface area contributed by atoms with Crippen LogP contribution in [0.3, 0.4) is 0 Å². The van der Waals surface area contributed by atoms with Crippen LogP contribution in [-0.2, 0) is 13.1 Å². The van der Waals surface area contributed by atoms with Gasteiger partial charge in [0.15, 0.2) is 0 Å². The van der Waals surface area contributed by atoms with E-state index in [1.807, 2.05) is 23.6 Å². The number of rotatable bonds is 4. The van der Waals surface area contributed by atoms with Gasteiger partial charge in [-0.05, 0) is 36.4 Å². The molecule has 0 aromatic carbocycles. The maximum Gasteiger partial charge on any atom is 0.0544 e. The minimum Gasteiger partial charge on any atom is -0.294 e. The van der Waals surface area contributed by atoms with Gasteiger partial charge in [-0.3, -0.25) is 14.8 Å². The number of pyridine rings is 1. The average Bonchev–Trinajstić information content (AvgIpc) is 3.21. The van der Waals surface area contributed by atoms with Crippen molar-refractivity contribution in [3.63, 3.8) is 0 Å². The minimum absolute atomic E-state index is 0.729. The Balaban J connectivity index is 1.41. The van der Waals surface area contributed by atoms with Crippen LogP contribution in [0.15, 0.2) is 41.9 Å². The molecule has 3 nitrogen and oxygen atoms in total. The molecule has 2 saturated heterocycles. The molecular formula is C17H21N3S. The highest BCUT2D eigenvalue weighted by Crippen LogP contribution is 2.33. The molecule has 0 saturated carbocycles. The van der Waals surface area contributed by atoms with Gasteiger partial charge < -0.3 is 0 Å². The van der Waals surface area contributed by atoms with Crippen molar-refractivity contribution in [2.45, 2.75) is 38.0 Å². The van der Waals surface area contributed by atoms with Gasteiger partial charge in [0.1, 0.15) is 0 Å². The van der Waals surface area contributed by atoms with Crippen LogP contribution in [0.5, 0.6) is 0 Å². The van der Waals surface area contributed by atoms with Crippen molar-refractivity contribution in [1.29, 1.82) is 0 Å². The van der Waals surface area contributed by atoms with E-state index >= 15 is 0 Å². The van der Waals surface area contributed by atoms with Gasteiger partial charge in [-0.15, -0.1) is 11.3 Å². The summed E-state index contributed by atoms with van der Waals surface area (Å²) < 4.78 is 0. The van der Waals surface area contributed by atoms with Crippen molar-refractivity contribution in [2.75, 3.05) is 13.1 Å². The van der Waals surface area contributed by atoms with Gasteiger partial charge in [0.05, 0.1) is 5.69 Å². The number of aromatic nitrogens is 1. The van der Waals surface area contributed by atoms with E-state index in [0.717, 1.165) is 25.2 Å². The first-order valence-electron chi connectivity index (χ1n) is 7.80. The van der Waals surface area contributed by atoms with Crippen molar-refractivity contribution >= 4 is 11.3 Å². The summed E-state index contributed by atoms with van der Waals surface area (Å²) in [4.78, 5) is 11.3. The van der Waals surface area contributed by atoms with Gasteiger partial charge >= 0.3 is 0 Å². The Morgan fingerprint density at radius 2 is 1.81 bits per heavy atom. The number of nitrogens with zero attached hydrogens (tertiary/aromatic N) is 3. The summed E-state index contributed by atoms with van der Waals surface area (Å²) >= 11 is 1.88. The Morgan fingerprint density at radius 1 is 1.00 bits per heavy atom. The second kappa shape index (κ2) is 5.87. The van der Waals surface area contributed by atoms with E-state index in [-0.39, 0.29) is 0 Å². The Labute approximate surface area is 130 Å². The zero-order chi connectivity index (χ0) is 14.1. The molecule has 2 fully saturated rings. The maximum atomic E-state index is 4.48. The summed E-state index contributed by atoms with van der Waals surface area (Å²) in [6, 6.07) is 12.1. The molecular weight excluding hydrogens is 278 g/mol. The lowest BCUT2D eigenvalue weighted by molar-refractivity contribution is 0.212. The number of likely N-dealkylation sites (tertiary alicyclic amines) is 2. The fourth-order valence-electron chi connectivity index (χ4n) is 3.86. The Bertz CT molecular complexity index is 569. The summed E-state index contributed by atoms with van der Waals surface area (Å²) in [6.45, 7) is 4.60. The van der Waals surface area contributed by atoms with Gasteiger partial charge in [-0.2, -0.15) is 0 Å². The SMILES string of the molecule is c1ccc(CN2CC[C@H]3[C@@H]2CCN3Cc2cccs2)nc1. The first-order valence-corrected chi connectivity index (χ1v) is 8.68. The van der Waals surface area contributed by atoms with E-state index in [0.29, 0.717) is 0 Å². The fraction of sp³-hybridized carbons (Fsp3) is 0.471. The van der Waals surface area contributed by atoms with Crippen LogP contribution in [0, 0.1) is 0 Å². The lowest BCUT2D eigenvalue weighted by atomic mass is 10.1. The number of fused-ring (bicyclic) bond motifs is 1. The standard InChI is InChI=1S/C17H21N3S/c1-2-8-18-14(4-1)12-19-9-6-17-16(19)7-10-20(17)13-15-5-3-11-21-15/h1-5,8,11,16-17H,6-7,9-10,12-13H2/t16-,17-/m0/s1. The highest BCUT2D eigenvalue weighted by molar-refractivity contribution is 7.09. The fourth-order valence-corrected chi connectivity index (χ4v) is 4.59. The first-order chi connectivity index (χ1) is 10.4. The molecule has 2 atom stereocenters. The second-order valence-electron chi connectivity index (χ2n) is 6.05. The zero-order valence-corrected chi connectivity index (χ0v) is 13.0. The topological polar surface area (TPSA) is 19.4 Å². The lowest BCUT2D eigenvalue weighted by Crippen LogP contribution is -2.36. The van der Waals surface area contributed by atoms with Crippen molar-refractivity contribution < 1.29 is 0 Å². The molecule has 0 aliphatic carbocycles. The largest absolute Gasteiger partial charge is 0.294 e. The van der Waals surface area contributed by atoms with E-state index in [1.54, 1.807) is 0 Å². The number of thiophene rings is 1. The molecule has 110 valence electrons. The van der Waals surface area contributed by atoms with Crippen LogP contribution in [0.1, 0.15) is 23.4 Å². The normalized spacial score (nSPS) is 26.3. The van der Waals surface area contributed by atoms with E-state index in [2.05, 4.69) is 44.4 Å². The van der Waals surface area contributed by atoms with Crippen LogP contribution < -0.4 is 0 Å². The average molecular weight is 299 g/mol. The highest BCUT2D eigenvalue weighted by atomic mass is 32.1. The molecule has 4 rings (SSSR count). The smallest absolute Gasteiger partial charge is 0.0544 e. The van der Waals surface area contributed by atoms with E-state index in [9.17, 15) is 0 Å². The van der Waals surface area contributed by atoms with Crippen molar-refractivity contribution in [3.05, 3.63) is 52.5 Å². The van der Waals surface area contributed by atoms with E-state index in [4.69, 9.17) is 0 Å². The molecule has 0 radical (unpaired) electrons. The van der Waals surface area contributed by atoms with Crippen LogP contribution in [0.2, 0.25) is 0 Å². The third kappa shape index (κ3) is 2.76. The first kappa shape index (κ1) is 13.4. The summed E-state index contributed by atoms with van der Waals surface area (Å²) in [5, 5.41) is 2.19. The molecule has 21 heavy (non-hydrogen) atoms. The van der Waals surface area contributed by atoms with Crippen LogP contribution in [0.4, 0.5) is 0 Å². The summed E-state index contributed by atoms with van der Waals surface area (Å²) in [5.41, 5.74) is 1.20. The van der Waals surface area contributed by atoms with Gasteiger partial charge in [0.25, 0.3) is 0 Å². The molecule has 4 heteroatoms. The van der Waals surface area contributed by atoms with Crippen LogP contribution >= 0.6 is 11.3 Å². The molecule has 0 N–H and O–H groups in total. The van der Waals surface area contributed by atoms with Gasteiger partial charge in [0.2, 0.25) is 0 Å². The van der Waals surface area contributed by atoms with E-state index in [1.165, 1.54) is 36.5 Å². The van der Waals surface area contributed by atoms with Gasteiger partial charge in [-0.25, -0.2) is 0 Å². The highest BCUT2D eigenvalue weighted by Gasteiger charge is 2.42. The summed E-state index contributed by atoms with van der Waals surface area (Å²) in [6.07, 6.45) is 4.52. The molecule has 0 bridgehead atoms. The molecule has 2 aromatic rings. The maximum absolute atomic E-state index is 4.48. The molecule has 2 aliphatic rings. The van der Waals surface area contributed by atoms with Crippen molar-refractivity contribution in [3.8, 4) is 0 Å². The molecule has 4 heterocycles. The minimum atomic E-state index is 0.729. The quantitative estimate of drug-likeness (QED) is 0.865. The molecule has 0 spiro atoms. The molecule has 2 aliphatic heterocycles. The third-order valence-electron chi connectivity index (χ3n) is 4.84. The Hall–Kier alpha value is -1.23. The lowest BCUT2D eigenvalue weighted by Gasteiger charge is -2.25. The summed E-state index contributed by atoms with van der Waals surface area (Å²) in [5.74, 6) is 0. The second-order valence-corrected chi connectivity index (χ2v) is 7.09. The van der Waals surface area contributed by atoms with Crippen molar-refractivity contribution in [2.24, 2.45) is 0 Å². The molecule has 0 unspecified atom stereocenters. The molecule has 0 amide bonds. The van der Waals surface area contributed by atoms with Crippen molar-refractivity contribution in [1.82, 2.24) is 14.8 Å². The van der Waals surface area contributed by atoms with Crippen LogP contribution in [-0.4, -0.2) is 40.0 Å². The van der Waals surface area contributed by atoms with Gasteiger partial charge in [0, 0.05) is 49.3 Å². The Morgan fingerprint density at radius 3 is 2.48 bits per heavy atom. The Kier molecular flexibility index (Phi) is 3.76. The number of hydrogen-bond donors (Lipinski definition) is 0. The predicted octanol–water partition coefficient (Wildman–Crippen LogP) is 2.99. The zero-order valence-electron chi connectivity index (χ0n) is 12.2.